The van der Waals surface area contributed by atoms with Gasteiger partial charge in [-0.15, -0.1) is 0 Å². The van der Waals surface area contributed by atoms with E-state index in [1.54, 1.807) is 0 Å². The van der Waals surface area contributed by atoms with Gasteiger partial charge in [-0.3, -0.25) is 19.2 Å². The van der Waals surface area contributed by atoms with Crippen LogP contribution in [-0.2, 0) is 36.2 Å². The number of carbonyl (C=O) groups excluding carboxylic acids is 4. The fraction of sp³-hybridized carbons (Fsp3) is 0.714. The van der Waals surface area contributed by atoms with Crippen LogP contribution in [0.1, 0.15) is 26.7 Å². The first kappa shape index (κ1) is 34.0. The first-order valence-corrected chi connectivity index (χ1v) is 7.45. The van der Waals surface area contributed by atoms with Gasteiger partial charge in [-0.1, -0.05) is 13.8 Å². The second-order valence-electron chi connectivity index (χ2n) is 5.31. The molecule has 0 bridgehead atoms. The second kappa shape index (κ2) is 11.8. The topological polar surface area (TPSA) is 68.3 Å². The largest absolute Gasteiger partial charge is 0.458 e. The van der Waals surface area contributed by atoms with Crippen molar-refractivity contribution in [2.24, 2.45) is 0 Å². The van der Waals surface area contributed by atoms with Gasteiger partial charge in [-0.2, -0.15) is 43.9 Å². The Hall–Kier alpha value is -1.64. The molecule has 187 valence electrons. The molecule has 0 aliphatic heterocycles. The maximum Gasteiger partial charge on any atom is 0.458 e. The Bertz CT molecular complexity index is 601. The summed E-state index contributed by atoms with van der Waals surface area (Å²) in [5.74, 6) is -22.5. The Morgan fingerprint density at radius 3 is 0.871 bits per heavy atom. The summed E-state index contributed by atoms with van der Waals surface area (Å²) in [6.07, 6.45) is -19.4. The van der Waals surface area contributed by atoms with Crippen molar-refractivity contribution in [2.45, 2.75) is 63.2 Å². The van der Waals surface area contributed by atoms with Crippen LogP contribution in [0, 0.1) is 0 Å². The van der Waals surface area contributed by atoms with Crippen molar-refractivity contribution in [1.29, 1.82) is 0 Å². The Balaban J connectivity index is -0.000000490. The number of alkyl halides is 12. The van der Waals surface area contributed by atoms with Crippen LogP contribution in [0.5, 0.6) is 0 Å². The van der Waals surface area contributed by atoms with Gasteiger partial charge in [0.2, 0.25) is 0 Å². The third kappa shape index (κ3) is 9.17. The zero-order chi connectivity index (χ0) is 24.9. The maximum absolute atomic E-state index is 12.5. The van der Waals surface area contributed by atoms with E-state index in [4.69, 9.17) is 0 Å². The molecule has 0 rings (SSSR count). The molecule has 0 aromatic rings. The average Bonchev–Trinajstić information content (AvgIpc) is 2.62. The van der Waals surface area contributed by atoms with E-state index in [1.165, 1.54) is 0 Å². The fourth-order valence-corrected chi connectivity index (χ4v) is 1.36. The standard InChI is InChI=1S/2C7H6F6O2.Cu/c2*1-2-3(8)6(9,10)4(14)5(15)7(11,12)13;/h2*3H,2H2,1H3;. The van der Waals surface area contributed by atoms with Crippen molar-refractivity contribution in [3.8, 4) is 0 Å². The number of ketones is 4. The van der Waals surface area contributed by atoms with Crippen molar-refractivity contribution in [3.63, 3.8) is 0 Å². The van der Waals surface area contributed by atoms with E-state index in [-0.39, 0.29) is 17.1 Å². The molecular formula is C14H12CuF12O4. The van der Waals surface area contributed by atoms with E-state index in [0.717, 1.165) is 13.8 Å². The van der Waals surface area contributed by atoms with Gasteiger partial charge in [0.25, 0.3) is 11.6 Å². The van der Waals surface area contributed by atoms with Crippen LogP contribution in [0.25, 0.3) is 0 Å². The molecule has 0 saturated heterocycles. The number of Topliss-reactive ketones (excluding diaryl/α,β-unsaturated/α-hetero) is 4. The molecular weight excluding hydrogens is 524 g/mol. The molecule has 0 saturated carbocycles. The van der Waals surface area contributed by atoms with E-state index >= 15 is 0 Å². The summed E-state index contributed by atoms with van der Waals surface area (Å²) in [4.78, 5) is 40.9. The average molecular weight is 536 g/mol. The summed E-state index contributed by atoms with van der Waals surface area (Å²) in [7, 11) is 0. The zero-order valence-electron chi connectivity index (χ0n) is 15.0. The SMILES string of the molecule is CCC(F)C(F)(F)C(=O)C(=O)C(F)(F)F.CCC(F)C(F)(F)C(=O)C(=O)C(F)(F)F.[Cu]. The summed E-state index contributed by atoms with van der Waals surface area (Å²) >= 11 is 0. The minimum absolute atomic E-state index is 0. The predicted molar refractivity (Wildman–Crippen MR) is 72.4 cm³/mol. The molecule has 0 aliphatic carbocycles. The summed E-state index contributed by atoms with van der Waals surface area (Å²) in [5.41, 5.74) is 0. The van der Waals surface area contributed by atoms with E-state index in [9.17, 15) is 71.9 Å². The van der Waals surface area contributed by atoms with Crippen LogP contribution in [0.2, 0.25) is 0 Å². The molecule has 2 unspecified atom stereocenters. The van der Waals surface area contributed by atoms with Gasteiger partial charge in [-0.25, -0.2) is 8.78 Å². The summed E-state index contributed by atoms with van der Waals surface area (Å²) < 4.78 is 144. The number of hydrogen-bond acceptors (Lipinski definition) is 4. The minimum Gasteiger partial charge on any atom is -0.283 e. The third-order valence-corrected chi connectivity index (χ3v) is 3.04. The van der Waals surface area contributed by atoms with Crippen LogP contribution < -0.4 is 0 Å². The number of hydrogen-bond donors (Lipinski definition) is 0. The summed E-state index contributed by atoms with van der Waals surface area (Å²) in [6.45, 7) is 1.81. The van der Waals surface area contributed by atoms with Crippen LogP contribution in [0.15, 0.2) is 0 Å². The predicted octanol–water partition coefficient (Wildman–Crippen LogP) is 4.14. The Labute approximate surface area is 176 Å². The van der Waals surface area contributed by atoms with Gasteiger partial charge < -0.3 is 0 Å². The molecule has 2 atom stereocenters. The molecule has 0 amide bonds. The molecule has 1 radical (unpaired) electrons. The monoisotopic (exact) mass is 535 g/mol. The van der Waals surface area contributed by atoms with Gasteiger partial charge in [0, 0.05) is 17.1 Å². The smallest absolute Gasteiger partial charge is 0.283 e. The molecule has 0 aromatic carbocycles. The van der Waals surface area contributed by atoms with E-state index in [2.05, 4.69) is 0 Å². The van der Waals surface area contributed by atoms with Crippen LogP contribution >= 0.6 is 0 Å². The molecule has 0 heterocycles. The molecule has 0 aliphatic rings. The van der Waals surface area contributed by atoms with E-state index < -0.39 is 72.5 Å². The molecule has 0 aromatic heterocycles. The molecule has 4 nitrogen and oxygen atoms in total. The second-order valence-corrected chi connectivity index (χ2v) is 5.31. The van der Waals surface area contributed by atoms with Crippen LogP contribution in [-0.4, -0.2) is 59.7 Å². The third-order valence-electron chi connectivity index (χ3n) is 3.04. The first-order valence-electron chi connectivity index (χ1n) is 7.45. The maximum atomic E-state index is 12.5. The van der Waals surface area contributed by atoms with Crippen molar-refractivity contribution in [2.75, 3.05) is 0 Å². The van der Waals surface area contributed by atoms with E-state index in [0.29, 0.717) is 0 Å². The number of rotatable bonds is 8. The van der Waals surface area contributed by atoms with Gasteiger partial charge >= 0.3 is 35.8 Å². The van der Waals surface area contributed by atoms with Crippen molar-refractivity contribution < 1.29 is 88.9 Å². The van der Waals surface area contributed by atoms with Gasteiger partial charge in [-0.05, 0) is 12.8 Å². The van der Waals surface area contributed by atoms with Gasteiger partial charge in [0.15, 0.2) is 12.3 Å². The van der Waals surface area contributed by atoms with Crippen molar-refractivity contribution in [3.05, 3.63) is 0 Å². The van der Waals surface area contributed by atoms with Crippen LogP contribution in [0.3, 0.4) is 0 Å². The summed E-state index contributed by atoms with van der Waals surface area (Å²) in [6, 6.07) is 0. The zero-order valence-corrected chi connectivity index (χ0v) is 16.0. The molecule has 31 heavy (non-hydrogen) atoms. The normalized spacial score (nSPS) is 14.4. The van der Waals surface area contributed by atoms with Gasteiger partial charge in [0.1, 0.15) is 0 Å². The summed E-state index contributed by atoms with van der Waals surface area (Å²) in [5, 5.41) is 0. The quantitative estimate of drug-likeness (QED) is 0.266. The van der Waals surface area contributed by atoms with E-state index in [1.807, 2.05) is 0 Å². The number of halogens is 12. The minimum atomic E-state index is -5.71. The molecule has 0 spiro atoms. The molecule has 17 heteroatoms. The molecule has 0 N–H and O–H groups in total. The van der Waals surface area contributed by atoms with Crippen molar-refractivity contribution >= 4 is 23.1 Å². The van der Waals surface area contributed by atoms with Crippen molar-refractivity contribution in [1.82, 2.24) is 0 Å². The van der Waals surface area contributed by atoms with Crippen LogP contribution in [0.4, 0.5) is 52.7 Å². The fourth-order valence-electron chi connectivity index (χ4n) is 1.36. The molecule has 0 fully saturated rings. The Morgan fingerprint density at radius 2 is 0.742 bits per heavy atom. The Kier molecular flexibility index (Phi) is 13.0. The van der Waals surface area contributed by atoms with Gasteiger partial charge in [0.05, 0.1) is 0 Å². The number of carbonyl (C=O) groups is 4. The first-order chi connectivity index (χ1) is 13.1. The Morgan fingerprint density at radius 1 is 0.548 bits per heavy atom.